The summed E-state index contributed by atoms with van der Waals surface area (Å²) in [6.45, 7) is 0.575. The molecule has 2 aromatic carbocycles. The van der Waals surface area contributed by atoms with Crippen LogP contribution in [0.25, 0.3) is 6.08 Å². The number of hydrogen-bond acceptors (Lipinski definition) is 2. The fraction of sp³-hybridized carbons (Fsp3) is 0.0526. The van der Waals surface area contributed by atoms with Crippen LogP contribution >= 0.6 is 0 Å². The van der Waals surface area contributed by atoms with Crippen LogP contribution in [0.3, 0.4) is 0 Å². The van der Waals surface area contributed by atoms with E-state index in [0.717, 1.165) is 11.1 Å². The molecule has 120 valence electrons. The first-order valence-corrected chi connectivity index (χ1v) is 7.51. The number of anilines is 1. The highest BCUT2D eigenvalue weighted by atomic mass is 19.1. The molecular formula is C19H16FN3O. The van der Waals surface area contributed by atoms with E-state index in [4.69, 9.17) is 0 Å². The second-order valence-corrected chi connectivity index (χ2v) is 5.23. The molecule has 0 unspecified atom stereocenters. The molecule has 4 nitrogen and oxygen atoms in total. The van der Waals surface area contributed by atoms with Gasteiger partial charge < -0.3 is 5.32 Å². The lowest BCUT2D eigenvalue weighted by Gasteiger charge is -2.07. The van der Waals surface area contributed by atoms with Crippen molar-refractivity contribution in [3.05, 3.63) is 89.9 Å². The molecule has 0 fully saturated rings. The SMILES string of the molecule is O=C(/C=C/c1ccc(F)cc1)Nc1ccnn1Cc1ccccc1. The minimum absolute atomic E-state index is 0.269. The maximum Gasteiger partial charge on any atom is 0.249 e. The van der Waals surface area contributed by atoms with Gasteiger partial charge in [-0.05, 0) is 29.3 Å². The Morgan fingerprint density at radius 3 is 2.58 bits per heavy atom. The Bertz CT molecular complexity index is 839. The maximum absolute atomic E-state index is 12.8. The van der Waals surface area contributed by atoms with Crippen molar-refractivity contribution in [2.24, 2.45) is 0 Å². The van der Waals surface area contributed by atoms with Crippen molar-refractivity contribution < 1.29 is 9.18 Å². The number of rotatable bonds is 5. The third-order valence-electron chi connectivity index (χ3n) is 3.44. The molecule has 3 rings (SSSR count). The quantitative estimate of drug-likeness (QED) is 0.728. The zero-order valence-electron chi connectivity index (χ0n) is 12.9. The number of nitrogens with zero attached hydrogens (tertiary/aromatic N) is 2. The molecule has 0 spiro atoms. The van der Waals surface area contributed by atoms with Crippen LogP contribution in [0.2, 0.25) is 0 Å². The highest BCUT2D eigenvalue weighted by Gasteiger charge is 2.05. The number of hydrogen-bond donors (Lipinski definition) is 1. The largest absolute Gasteiger partial charge is 0.307 e. The summed E-state index contributed by atoms with van der Waals surface area (Å²) in [5.74, 6) is 0.0446. The average Bonchev–Trinajstić information content (AvgIpc) is 3.02. The van der Waals surface area contributed by atoms with E-state index in [1.54, 1.807) is 35.2 Å². The zero-order chi connectivity index (χ0) is 16.8. The van der Waals surface area contributed by atoms with Crippen LogP contribution in [-0.4, -0.2) is 15.7 Å². The van der Waals surface area contributed by atoms with Gasteiger partial charge in [-0.1, -0.05) is 42.5 Å². The second kappa shape index (κ2) is 7.37. The van der Waals surface area contributed by atoms with Crippen molar-refractivity contribution in [1.29, 1.82) is 0 Å². The Morgan fingerprint density at radius 2 is 1.83 bits per heavy atom. The molecular weight excluding hydrogens is 305 g/mol. The zero-order valence-corrected chi connectivity index (χ0v) is 12.9. The molecule has 1 amide bonds. The van der Waals surface area contributed by atoms with Crippen LogP contribution in [-0.2, 0) is 11.3 Å². The predicted octanol–water partition coefficient (Wildman–Crippen LogP) is 3.72. The molecule has 0 atom stereocenters. The summed E-state index contributed by atoms with van der Waals surface area (Å²) < 4.78 is 14.6. The highest BCUT2D eigenvalue weighted by molar-refractivity contribution is 6.01. The smallest absolute Gasteiger partial charge is 0.249 e. The first kappa shape index (κ1) is 15.7. The number of halogens is 1. The summed E-state index contributed by atoms with van der Waals surface area (Å²) in [4.78, 5) is 12.0. The third-order valence-corrected chi connectivity index (χ3v) is 3.44. The summed E-state index contributed by atoms with van der Waals surface area (Å²) in [5, 5.41) is 7.02. The van der Waals surface area contributed by atoms with Gasteiger partial charge in [0, 0.05) is 12.1 Å². The van der Waals surface area contributed by atoms with Crippen LogP contribution in [0.4, 0.5) is 10.2 Å². The second-order valence-electron chi connectivity index (χ2n) is 5.23. The van der Waals surface area contributed by atoms with E-state index in [1.807, 2.05) is 30.3 Å². The molecule has 0 radical (unpaired) electrons. The van der Waals surface area contributed by atoms with E-state index >= 15 is 0 Å². The lowest BCUT2D eigenvalue weighted by atomic mass is 10.2. The maximum atomic E-state index is 12.8. The standard InChI is InChI=1S/C19H16FN3O/c20-17-9-6-15(7-10-17)8-11-19(24)22-18-12-13-21-23(18)14-16-4-2-1-3-5-16/h1-13H,14H2,(H,22,24)/b11-8+. The van der Waals surface area contributed by atoms with E-state index in [1.165, 1.54) is 18.2 Å². The number of amides is 1. The minimum Gasteiger partial charge on any atom is -0.307 e. The normalized spacial score (nSPS) is 10.9. The van der Waals surface area contributed by atoms with Gasteiger partial charge in [0.2, 0.25) is 5.91 Å². The Kier molecular flexibility index (Phi) is 4.81. The van der Waals surface area contributed by atoms with Gasteiger partial charge in [0.1, 0.15) is 11.6 Å². The predicted molar refractivity (Wildman–Crippen MR) is 91.8 cm³/mol. The van der Waals surface area contributed by atoms with Crippen molar-refractivity contribution in [2.75, 3.05) is 5.32 Å². The van der Waals surface area contributed by atoms with Crippen molar-refractivity contribution >= 4 is 17.8 Å². The average molecular weight is 321 g/mol. The molecule has 1 aromatic heterocycles. The van der Waals surface area contributed by atoms with E-state index in [2.05, 4.69) is 10.4 Å². The molecule has 24 heavy (non-hydrogen) atoms. The molecule has 0 aliphatic rings. The molecule has 1 N–H and O–H groups in total. The van der Waals surface area contributed by atoms with Gasteiger partial charge in [-0.15, -0.1) is 0 Å². The molecule has 0 aliphatic carbocycles. The van der Waals surface area contributed by atoms with Gasteiger partial charge in [0.25, 0.3) is 0 Å². The highest BCUT2D eigenvalue weighted by Crippen LogP contribution is 2.11. The van der Waals surface area contributed by atoms with Crippen molar-refractivity contribution in [3.8, 4) is 0 Å². The molecule has 1 heterocycles. The lowest BCUT2D eigenvalue weighted by molar-refractivity contribution is -0.111. The van der Waals surface area contributed by atoms with Crippen LogP contribution in [0.5, 0.6) is 0 Å². The number of nitrogens with one attached hydrogen (secondary N) is 1. The van der Waals surface area contributed by atoms with Crippen molar-refractivity contribution in [2.45, 2.75) is 6.54 Å². The number of carbonyl (C=O) groups is 1. The summed E-state index contributed by atoms with van der Waals surface area (Å²) >= 11 is 0. The Balaban J connectivity index is 1.65. The molecule has 0 saturated carbocycles. The van der Waals surface area contributed by atoms with Crippen LogP contribution in [0.1, 0.15) is 11.1 Å². The molecule has 0 bridgehead atoms. The topological polar surface area (TPSA) is 46.9 Å². The van der Waals surface area contributed by atoms with Crippen molar-refractivity contribution in [1.82, 2.24) is 9.78 Å². The lowest BCUT2D eigenvalue weighted by Crippen LogP contribution is -2.13. The first-order chi connectivity index (χ1) is 11.7. The van der Waals surface area contributed by atoms with Crippen LogP contribution in [0, 0.1) is 5.82 Å². The van der Waals surface area contributed by atoms with Crippen molar-refractivity contribution in [3.63, 3.8) is 0 Å². The van der Waals surface area contributed by atoms with Gasteiger partial charge >= 0.3 is 0 Å². The Hall–Kier alpha value is -3.21. The number of carbonyl (C=O) groups excluding carboxylic acids is 1. The van der Waals surface area contributed by atoms with E-state index in [0.29, 0.717) is 12.4 Å². The minimum atomic E-state index is -0.304. The summed E-state index contributed by atoms with van der Waals surface area (Å²) in [7, 11) is 0. The van der Waals surface area contributed by atoms with E-state index < -0.39 is 0 Å². The molecule has 3 aromatic rings. The number of aromatic nitrogens is 2. The summed E-state index contributed by atoms with van der Waals surface area (Å²) in [5.41, 5.74) is 1.85. The van der Waals surface area contributed by atoms with Gasteiger partial charge in [-0.2, -0.15) is 5.10 Å². The van der Waals surface area contributed by atoms with Gasteiger partial charge in [-0.25, -0.2) is 9.07 Å². The Morgan fingerprint density at radius 1 is 1.08 bits per heavy atom. The first-order valence-electron chi connectivity index (χ1n) is 7.51. The number of benzene rings is 2. The summed E-state index contributed by atoms with van der Waals surface area (Å²) in [6, 6.07) is 17.5. The molecule has 0 saturated heterocycles. The van der Waals surface area contributed by atoms with Crippen LogP contribution < -0.4 is 5.32 Å². The van der Waals surface area contributed by atoms with E-state index in [-0.39, 0.29) is 11.7 Å². The van der Waals surface area contributed by atoms with Gasteiger partial charge in [0.15, 0.2) is 0 Å². The van der Waals surface area contributed by atoms with Gasteiger partial charge in [-0.3, -0.25) is 4.79 Å². The fourth-order valence-electron chi connectivity index (χ4n) is 2.23. The monoisotopic (exact) mass is 321 g/mol. The third kappa shape index (κ3) is 4.16. The summed E-state index contributed by atoms with van der Waals surface area (Å²) in [6.07, 6.45) is 4.68. The fourth-order valence-corrected chi connectivity index (χ4v) is 2.23. The molecule has 5 heteroatoms. The molecule has 0 aliphatic heterocycles. The van der Waals surface area contributed by atoms with Gasteiger partial charge in [0.05, 0.1) is 12.7 Å². The Labute approximate surface area is 139 Å². The van der Waals surface area contributed by atoms with Crippen LogP contribution in [0.15, 0.2) is 72.9 Å². The van der Waals surface area contributed by atoms with E-state index in [9.17, 15) is 9.18 Å².